The quantitative estimate of drug-likeness (QED) is 0.382. The van der Waals surface area contributed by atoms with Crippen molar-refractivity contribution in [1.29, 1.82) is 0 Å². The van der Waals surface area contributed by atoms with Crippen LogP contribution in [0.1, 0.15) is 12.7 Å². The largest absolute Gasteiger partial charge is 0.467 e. The van der Waals surface area contributed by atoms with Gasteiger partial charge in [-0.25, -0.2) is 0 Å². The molecule has 5 heteroatoms. The fourth-order valence-electron chi connectivity index (χ4n) is 1.07. The van der Waals surface area contributed by atoms with Crippen LogP contribution in [-0.2, 0) is 20.8 Å². The molecule has 0 bridgehead atoms. The molecule has 1 aromatic heterocycles. The molecule has 16 heavy (non-hydrogen) atoms. The predicted molar refractivity (Wildman–Crippen MR) is 60.5 cm³/mol. The third kappa shape index (κ3) is 6.12. The predicted octanol–water partition coefficient (Wildman–Crippen LogP) is 2.41. The highest BCUT2D eigenvalue weighted by Gasteiger charge is 2.03. The summed E-state index contributed by atoms with van der Waals surface area (Å²) in [5, 5.41) is 0. The number of hydrogen-bond donors (Lipinski definition) is 0. The SMILES string of the molecule is CC(OCCOCCCl)OCc1ccco1. The Morgan fingerprint density at radius 2 is 2.19 bits per heavy atom. The zero-order valence-electron chi connectivity index (χ0n) is 9.36. The monoisotopic (exact) mass is 248 g/mol. The van der Waals surface area contributed by atoms with Crippen LogP contribution < -0.4 is 0 Å². The maximum absolute atomic E-state index is 5.45. The Labute approximate surface area is 100 Å². The summed E-state index contributed by atoms with van der Waals surface area (Å²) in [6.07, 6.45) is 1.34. The minimum atomic E-state index is -0.273. The highest BCUT2D eigenvalue weighted by Crippen LogP contribution is 2.04. The fraction of sp³-hybridized carbons (Fsp3) is 0.636. The molecule has 0 aliphatic rings. The van der Waals surface area contributed by atoms with Gasteiger partial charge in [0.15, 0.2) is 6.29 Å². The Bertz CT molecular complexity index is 250. The Morgan fingerprint density at radius 1 is 1.31 bits per heavy atom. The van der Waals surface area contributed by atoms with Gasteiger partial charge in [-0.2, -0.15) is 0 Å². The Hall–Kier alpha value is -0.550. The molecule has 1 atom stereocenters. The smallest absolute Gasteiger partial charge is 0.155 e. The maximum Gasteiger partial charge on any atom is 0.155 e. The van der Waals surface area contributed by atoms with Crippen molar-refractivity contribution in [1.82, 2.24) is 0 Å². The zero-order valence-corrected chi connectivity index (χ0v) is 10.1. The minimum absolute atomic E-state index is 0.273. The summed E-state index contributed by atoms with van der Waals surface area (Å²) in [6, 6.07) is 3.68. The Kier molecular flexibility index (Phi) is 7.25. The molecule has 0 fully saturated rings. The molecule has 92 valence electrons. The van der Waals surface area contributed by atoms with Crippen LogP contribution in [0.25, 0.3) is 0 Å². The number of halogens is 1. The van der Waals surface area contributed by atoms with Gasteiger partial charge >= 0.3 is 0 Å². The first-order valence-corrected chi connectivity index (χ1v) is 5.75. The van der Waals surface area contributed by atoms with Gasteiger partial charge in [-0.3, -0.25) is 0 Å². The van der Waals surface area contributed by atoms with Crippen molar-refractivity contribution < 1.29 is 18.6 Å². The molecule has 0 amide bonds. The van der Waals surface area contributed by atoms with E-state index in [1.807, 2.05) is 19.1 Å². The van der Waals surface area contributed by atoms with E-state index < -0.39 is 0 Å². The molecule has 1 unspecified atom stereocenters. The maximum atomic E-state index is 5.45. The van der Waals surface area contributed by atoms with Crippen LogP contribution in [0.4, 0.5) is 0 Å². The van der Waals surface area contributed by atoms with Crippen molar-refractivity contribution in [3.05, 3.63) is 24.2 Å². The topological polar surface area (TPSA) is 40.8 Å². The third-order valence-corrected chi connectivity index (χ3v) is 2.00. The molecule has 0 aromatic carbocycles. The first-order valence-electron chi connectivity index (χ1n) is 5.22. The van der Waals surface area contributed by atoms with E-state index in [1.165, 1.54) is 0 Å². The minimum Gasteiger partial charge on any atom is -0.467 e. The standard InChI is InChI=1S/C11H17ClO4/c1-10(14-8-7-13-6-4-12)16-9-11-3-2-5-15-11/h2-3,5,10H,4,6-9H2,1H3. The molecule has 0 saturated heterocycles. The van der Waals surface area contributed by atoms with Gasteiger partial charge < -0.3 is 18.6 Å². The van der Waals surface area contributed by atoms with Gasteiger partial charge in [-0.15, -0.1) is 11.6 Å². The second-order valence-electron chi connectivity index (χ2n) is 3.13. The number of ether oxygens (including phenoxy) is 3. The molecule has 0 spiro atoms. The van der Waals surface area contributed by atoms with E-state index in [0.29, 0.717) is 32.3 Å². The number of alkyl halides is 1. The van der Waals surface area contributed by atoms with Crippen molar-refractivity contribution >= 4 is 11.6 Å². The lowest BCUT2D eigenvalue weighted by molar-refractivity contribution is -0.148. The summed E-state index contributed by atoms with van der Waals surface area (Å²) in [7, 11) is 0. The summed E-state index contributed by atoms with van der Waals surface area (Å²) >= 11 is 5.45. The molecule has 1 aromatic rings. The van der Waals surface area contributed by atoms with Crippen LogP contribution in [0.5, 0.6) is 0 Å². The van der Waals surface area contributed by atoms with Crippen molar-refractivity contribution in [2.24, 2.45) is 0 Å². The number of hydrogen-bond acceptors (Lipinski definition) is 4. The van der Waals surface area contributed by atoms with E-state index in [0.717, 1.165) is 5.76 Å². The first kappa shape index (κ1) is 13.5. The van der Waals surface area contributed by atoms with Crippen LogP contribution in [0.3, 0.4) is 0 Å². The van der Waals surface area contributed by atoms with E-state index in [9.17, 15) is 0 Å². The Balaban J connectivity index is 1.96. The van der Waals surface area contributed by atoms with Gasteiger partial charge in [0, 0.05) is 5.88 Å². The second-order valence-corrected chi connectivity index (χ2v) is 3.51. The lowest BCUT2D eigenvalue weighted by atomic mass is 10.5. The molecule has 0 saturated carbocycles. The van der Waals surface area contributed by atoms with E-state index >= 15 is 0 Å². The highest BCUT2D eigenvalue weighted by atomic mass is 35.5. The van der Waals surface area contributed by atoms with Gasteiger partial charge in [0.1, 0.15) is 12.4 Å². The van der Waals surface area contributed by atoms with E-state index in [4.69, 9.17) is 30.2 Å². The fourth-order valence-corrected chi connectivity index (χ4v) is 1.18. The van der Waals surface area contributed by atoms with Crippen LogP contribution in [0.2, 0.25) is 0 Å². The van der Waals surface area contributed by atoms with Gasteiger partial charge in [0.05, 0.1) is 26.1 Å². The lowest BCUT2D eigenvalue weighted by Gasteiger charge is -2.13. The van der Waals surface area contributed by atoms with Gasteiger partial charge in [-0.05, 0) is 19.1 Å². The Morgan fingerprint density at radius 3 is 2.88 bits per heavy atom. The molecule has 0 aliphatic carbocycles. The first-order chi connectivity index (χ1) is 7.83. The van der Waals surface area contributed by atoms with Crippen LogP contribution in [0.15, 0.2) is 22.8 Å². The van der Waals surface area contributed by atoms with Crippen LogP contribution >= 0.6 is 11.6 Å². The molecule has 0 N–H and O–H groups in total. The lowest BCUT2D eigenvalue weighted by Crippen LogP contribution is -2.16. The molecule has 0 radical (unpaired) electrons. The third-order valence-electron chi connectivity index (χ3n) is 1.84. The molecule has 1 rings (SSSR count). The number of furan rings is 1. The second kappa shape index (κ2) is 8.58. The van der Waals surface area contributed by atoms with Crippen molar-refractivity contribution in [3.63, 3.8) is 0 Å². The van der Waals surface area contributed by atoms with Crippen LogP contribution in [-0.4, -0.2) is 32.0 Å². The van der Waals surface area contributed by atoms with E-state index in [1.54, 1.807) is 6.26 Å². The highest BCUT2D eigenvalue weighted by molar-refractivity contribution is 6.17. The van der Waals surface area contributed by atoms with E-state index in [2.05, 4.69) is 0 Å². The average Bonchev–Trinajstić information content (AvgIpc) is 2.79. The normalized spacial score (nSPS) is 12.9. The molecule has 1 heterocycles. The van der Waals surface area contributed by atoms with Gasteiger partial charge in [0.2, 0.25) is 0 Å². The summed E-state index contributed by atoms with van der Waals surface area (Å²) in [6.45, 7) is 3.82. The van der Waals surface area contributed by atoms with E-state index in [-0.39, 0.29) is 6.29 Å². The van der Waals surface area contributed by atoms with Gasteiger partial charge in [0.25, 0.3) is 0 Å². The summed E-state index contributed by atoms with van der Waals surface area (Å²) in [4.78, 5) is 0. The molecular formula is C11H17ClO4. The summed E-state index contributed by atoms with van der Waals surface area (Å²) in [5.41, 5.74) is 0. The molecular weight excluding hydrogens is 232 g/mol. The summed E-state index contributed by atoms with van der Waals surface area (Å²) in [5.74, 6) is 1.29. The van der Waals surface area contributed by atoms with Crippen molar-refractivity contribution in [2.75, 3.05) is 25.7 Å². The van der Waals surface area contributed by atoms with Crippen molar-refractivity contribution in [2.45, 2.75) is 19.8 Å². The van der Waals surface area contributed by atoms with Crippen molar-refractivity contribution in [3.8, 4) is 0 Å². The van der Waals surface area contributed by atoms with Gasteiger partial charge in [-0.1, -0.05) is 0 Å². The zero-order chi connectivity index (χ0) is 11.6. The molecule has 4 nitrogen and oxygen atoms in total. The van der Waals surface area contributed by atoms with Crippen LogP contribution in [0, 0.1) is 0 Å². The summed E-state index contributed by atoms with van der Waals surface area (Å²) < 4.78 is 21.0. The average molecular weight is 249 g/mol. The number of rotatable bonds is 9. The molecule has 0 aliphatic heterocycles.